The number of hydrogen-bond donors (Lipinski definition) is 3. The molecule has 96 valence electrons. The molecular formula is C14H24N2O. The Morgan fingerprint density at radius 2 is 1.94 bits per heavy atom. The molecule has 0 aliphatic rings. The first-order valence-corrected chi connectivity index (χ1v) is 6.36. The molecule has 1 rings (SSSR count). The van der Waals surface area contributed by atoms with E-state index in [1.807, 2.05) is 25.1 Å². The van der Waals surface area contributed by atoms with Gasteiger partial charge >= 0.3 is 0 Å². The lowest BCUT2D eigenvalue weighted by molar-refractivity contribution is 0.114. The van der Waals surface area contributed by atoms with Crippen molar-refractivity contribution in [2.24, 2.45) is 5.92 Å². The molecule has 0 fully saturated rings. The zero-order chi connectivity index (χ0) is 12.8. The molecule has 4 N–H and O–H groups in total. The molecule has 17 heavy (non-hydrogen) atoms. The first kappa shape index (κ1) is 13.8. The molecular weight excluding hydrogens is 212 g/mol. The Hall–Kier alpha value is -1.22. The largest absolute Gasteiger partial charge is 0.397 e. The number of nitrogen functional groups attached to an aromatic ring is 1. The van der Waals surface area contributed by atoms with Crippen LogP contribution in [0.2, 0.25) is 0 Å². The van der Waals surface area contributed by atoms with Crippen molar-refractivity contribution < 1.29 is 5.11 Å². The summed E-state index contributed by atoms with van der Waals surface area (Å²) < 4.78 is 0. The average Bonchev–Trinajstić information content (AvgIpc) is 2.32. The molecule has 0 amide bonds. The molecule has 0 radical (unpaired) electrons. The summed E-state index contributed by atoms with van der Waals surface area (Å²) in [5, 5.41) is 13.3. The smallest absolute Gasteiger partial charge is 0.0740 e. The van der Waals surface area contributed by atoms with Gasteiger partial charge in [-0.15, -0.1) is 0 Å². The normalized spacial score (nSPS) is 12.8. The van der Waals surface area contributed by atoms with Crippen molar-refractivity contribution in [3.05, 3.63) is 23.8 Å². The fourth-order valence-corrected chi connectivity index (χ4v) is 2.04. The van der Waals surface area contributed by atoms with Crippen molar-refractivity contribution in [1.82, 2.24) is 0 Å². The molecule has 0 aromatic heterocycles. The number of aryl methyl sites for hydroxylation is 1. The van der Waals surface area contributed by atoms with Crippen molar-refractivity contribution in [3.8, 4) is 0 Å². The van der Waals surface area contributed by atoms with Gasteiger partial charge in [0.2, 0.25) is 0 Å². The highest BCUT2D eigenvalue weighted by Crippen LogP contribution is 2.20. The summed E-state index contributed by atoms with van der Waals surface area (Å²) in [6.45, 7) is 6.80. The molecule has 3 nitrogen and oxygen atoms in total. The lowest BCUT2D eigenvalue weighted by atomic mass is 9.96. The van der Waals surface area contributed by atoms with E-state index in [4.69, 9.17) is 5.73 Å². The van der Waals surface area contributed by atoms with Crippen LogP contribution in [0, 0.1) is 12.8 Å². The highest BCUT2D eigenvalue weighted by molar-refractivity contribution is 5.66. The van der Waals surface area contributed by atoms with E-state index in [0.29, 0.717) is 12.5 Å². The minimum Gasteiger partial charge on any atom is -0.397 e. The van der Waals surface area contributed by atoms with Crippen LogP contribution in [-0.4, -0.2) is 17.8 Å². The number of aliphatic hydroxyl groups excluding tert-OH is 1. The average molecular weight is 236 g/mol. The Bertz CT molecular complexity index is 348. The Kier molecular flexibility index (Phi) is 5.29. The lowest BCUT2D eigenvalue weighted by Gasteiger charge is -2.21. The fraction of sp³-hybridized carbons (Fsp3) is 0.571. The monoisotopic (exact) mass is 236 g/mol. The third kappa shape index (κ3) is 3.93. The maximum Gasteiger partial charge on any atom is 0.0740 e. The molecule has 0 aliphatic heterocycles. The number of hydrogen-bond acceptors (Lipinski definition) is 3. The van der Waals surface area contributed by atoms with Gasteiger partial charge in [0, 0.05) is 6.54 Å². The molecule has 1 aromatic rings. The van der Waals surface area contributed by atoms with Crippen molar-refractivity contribution in [2.75, 3.05) is 17.6 Å². The van der Waals surface area contributed by atoms with Crippen molar-refractivity contribution >= 4 is 11.4 Å². The summed E-state index contributed by atoms with van der Waals surface area (Å²) in [7, 11) is 0. The predicted molar refractivity (Wildman–Crippen MR) is 74.2 cm³/mol. The Morgan fingerprint density at radius 3 is 2.53 bits per heavy atom. The predicted octanol–water partition coefficient (Wildman–Crippen LogP) is 2.79. The van der Waals surface area contributed by atoms with Crippen molar-refractivity contribution in [3.63, 3.8) is 0 Å². The summed E-state index contributed by atoms with van der Waals surface area (Å²) in [5.74, 6) is 0.355. The summed E-state index contributed by atoms with van der Waals surface area (Å²) in [6.07, 6.45) is 1.69. The van der Waals surface area contributed by atoms with E-state index >= 15 is 0 Å². The van der Waals surface area contributed by atoms with Crippen LogP contribution in [0.3, 0.4) is 0 Å². The van der Waals surface area contributed by atoms with Crippen LogP contribution >= 0.6 is 0 Å². The highest BCUT2D eigenvalue weighted by Gasteiger charge is 2.15. The number of aliphatic hydroxyl groups is 1. The standard InChI is InChI=1S/C14H24N2O/c1-4-11(5-2)14(17)9-16-13-8-10(3)6-7-12(13)15/h6-8,11,14,16-17H,4-5,9,15H2,1-3H3. The van der Waals surface area contributed by atoms with E-state index in [-0.39, 0.29) is 6.10 Å². The van der Waals surface area contributed by atoms with Gasteiger partial charge < -0.3 is 16.2 Å². The molecule has 0 spiro atoms. The van der Waals surface area contributed by atoms with Crippen LogP contribution in [0.1, 0.15) is 32.3 Å². The van der Waals surface area contributed by atoms with Crippen molar-refractivity contribution in [1.29, 1.82) is 0 Å². The second kappa shape index (κ2) is 6.50. The van der Waals surface area contributed by atoms with Gasteiger partial charge in [-0.05, 0) is 30.5 Å². The quantitative estimate of drug-likeness (QED) is 0.666. The van der Waals surface area contributed by atoms with E-state index < -0.39 is 0 Å². The second-order valence-electron chi connectivity index (χ2n) is 4.62. The topological polar surface area (TPSA) is 58.3 Å². The summed E-state index contributed by atoms with van der Waals surface area (Å²) in [4.78, 5) is 0. The Labute approximate surface area is 104 Å². The van der Waals surface area contributed by atoms with Gasteiger partial charge in [-0.2, -0.15) is 0 Å². The maximum atomic E-state index is 10.0. The van der Waals surface area contributed by atoms with Crippen LogP contribution in [-0.2, 0) is 0 Å². The van der Waals surface area contributed by atoms with E-state index in [1.54, 1.807) is 0 Å². The van der Waals surface area contributed by atoms with Gasteiger partial charge in [-0.25, -0.2) is 0 Å². The van der Waals surface area contributed by atoms with Crippen LogP contribution in [0.4, 0.5) is 11.4 Å². The van der Waals surface area contributed by atoms with Gasteiger partial charge in [0.05, 0.1) is 17.5 Å². The lowest BCUT2D eigenvalue weighted by Crippen LogP contribution is -2.27. The van der Waals surface area contributed by atoms with Crippen LogP contribution in [0.5, 0.6) is 0 Å². The molecule has 0 saturated heterocycles. The fourth-order valence-electron chi connectivity index (χ4n) is 2.04. The van der Waals surface area contributed by atoms with Gasteiger partial charge in [0.1, 0.15) is 0 Å². The zero-order valence-electron chi connectivity index (χ0n) is 11.0. The van der Waals surface area contributed by atoms with E-state index in [2.05, 4.69) is 19.2 Å². The molecule has 0 saturated carbocycles. The third-order valence-electron chi connectivity index (χ3n) is 3.30. The number of rotatable bonds is 6. The molecule has 0 bridgehead atoms. The molecule has 1 aromatic carbocycles. The van der Waals surface area contributed by atoms with Gasteiger partial charge in [-0.1, -0.05) is 32.8 Å². The molecule has 0 heterocycles. The summed E-state index contributed by atoms with van der Waals surface area (Å²) in [5.41, 5.74) is 8.68. The first-order chi connectivity index (χ1) is 8.08. The van der Waals surface area contributed by atoms with E-state index in [0.717, 1.165) is 24.2 Å². The zero-order valence-corrected chi connectivity index (χ0v) is 11.0. The van der Waals surface area contributed by atoms with Gasteiger partial charge in [0.25, 0.3) is 0 Å². The Morgan fingerprint density at radius 1 is 1.29 bits per heavy atom. The number of nitrogens with one attached hydrogen (secondary N) is 1. The van der Waals surface area contributed by atoms with Crippen LogP contribution < -0.4 is 11.1 Å². The maximum absolute atomic E-state index is 10.0. The number of anilines is 2. The molecule has 0 aliphatic carbocycles. The van der Waals surface area contributed by atoms with Crippen LogP contribution in [0.25, 0.3) is 0 Å². The number of benzene rings is 1. The first-order valence-electron chi connectivity index (χ1n) is 6.36. The van der Waals surface area contributed by atoms with E-state index in [1.165, 1.54) is 5.56 Å². The minimum absolute atomic E-state index is 0.315. The van der Waals surface area contributed by atoms with E-state index in [9.17, 15) is 5.11 Å². The van der Waals surface area contributed by atoms with Crippen LogP contribution in [0.15, 0.2) is 18.2 Å². The van der Waals surface area contributed by atoms with Gasteiger partial charge in [0.15, 0.2) is 0 Å². The molecule has 1 unspecified atom stereocenters. The van der Waals surface area contributed by atoms with Crippen molar-refractivity contribution in [2.45, 2.75) is 39.7 Å². The Balaban J connectivity index is 2.57. The third-order valence-corrected chi connectivity index (χ3v) is 3.30. The number of nitrogens with two attached hydrogens (primary N) is 1. The SMILES string of the molecule is CCC(CC)C(O)CNc1cc(C)ccc1N. The van der Waals surface area contributed by atoms with Gasteiger partial charge in [-0.3, -0.25) is 0 Å². The minimum atomic E-state index is -0.315. The summed E-state index contributed by atoms with van der Waals surface area (Å²) in [6, 6.07) is 5.88. The highest BCUT2D eigenvalue weighted by atomic mass is 16.3. The second-order valence-corrected chi connectivity index (χ2v) is 4.62. The molecule has 3 heteroatoms. The summed E-state index contributed by atoms with van der Waals surface area (Å²) >= 11 is 0. The molecule has 1 atom stereocenters.